The Kier molecular flexibility index (Phi) is 4.10. The number of amides is 1. The molecule has 4 heterocycles. The quantitative estimate of drug-likeness (QED) is 0.526. The molecule has 1 aliphatic rings. The average molecular weight is 383 g/mol. The van der Waals surface area contributed by atoms with Gasteiger partial charge in [0.05, 0.1) is 18.0 Å². The Morgan fingerprint density at radius 2 is 2.00 bits per heavy atom. The maximum Gasteiger partial charge on any atom is 0.228 e. The number of fused-ring (bicyclic) bond motifs is 2. The standard InChI is InChI=1S/C22H17N5O2/c1-23-21-18-11-25-20(27-22(28)13-2-3-13)9-17(18)15(10-26-21)4-5-16-8-14-6-7-29-19(14)12-24-16/h6-13H,2-3H2,1H3,(H,23,26)(H,25,27,28). The van der Waals surface area contributed by atoms with Gasteiger partial charge in [-0.2, -0.15) is 0 Å². The van der Waals surface area contributed by atoms with Crippen molar-refractivity contribution >= 4 is 39.3 Å². The Morgan fingerprint density at radius 1 is 1.10 bits per heavy atom. The van der Waals surface area contributed by atoms with Crippen LogP contribution in [0, 0.1) is 17.8 Å². The highest BCUT2D eigenvalue weighted by molar-refractivity contribution is 5.99. The molecular formula is C22H17N5O2. The maximum atomic E-state index is 12.1. The molecule has 0 aromatic carbocycles. The summed E-state index contributed by atoms with van der Waals surface area (Å²) < 4.78 is 5.32. The fraction of sp³-hybridized carbons (Fsp3) is 0.182. The van der Waals surface area contributed by atoms with Gasteiger partial charge in [0, 0.05) is 41.5 Å². The van der Waals surface area contributed by atoms with Crippen LogP contribution in [0.1, 0.15) is 24.1 Å². The molecule has 7 heteroatoms. The van der Waals surface area contributed by atoms with Gasteiger partial charge >= 0.3 is 0 Å². The SMILES string of the molecule is CNc1ncc(C#Cc2cc3ccoc3cn2)c2cc(NC(=O)C3CC3)ncc12. The van der Waals surface area contributed by atoms with Crippen LogP contribution in [0.4, 0.5) is 11.6 Å². The third kappa shape index (κ3) is 3.36. The Morgan fingerprint density at radius 3 is 2.83 bits per heavy atom. The van der Waals surface area contributed by atoms with Gasteiger partial charge in [-0.1, -0.05) is 5.92 Å². The molecular weight excluding hydrogens is 366 g/mol. The minimum Gasteiger partial charge on any atom is -0.463 e. The molecule has 5 rings (SSSR count). The van der Waals surface area contributed by atoms with Crippen LogP contribution < -0.4 is 10.6 Å². The minimum atomic E-state index is 0.0185. The van der Waals surface area contributed by atoms with E-state index >= 15 is 0 Å². The lowest BCUT2D eigenvalue weighted by molar-refractivity contribution is -0.117. The van der Waals surface area contributed by atoms with E-state index in [1.807, 2.05) is 18.2 Å². The van der Waals surface area contributed by atoms with Gasteiger partial charge in [-0.05, 0) is 37.0 Å². The van der Waals surface area contributed by atoms with E-state index < -0.39 is 0 Å². The number of nitrogens with one attached hydrogen (secondary N) is 2. The normalized spacial score (nSPS) is 13.1. The molecule has 1 aliphatic carbocycles. The number of carbonyl (C=O) groups is 1. The molecule has 1 amide bonds. The van der Waals surface area contributed by atoms with Gasteiger partial charge in [-0.3, -0.25) is 4.79 Å². The van der Waals surface area contributed by atoms with Crippen LogP contribution in [0.5, 0.6) is 0 Å². The van der Waals surface area contributed by atoms with Crippen LogP contribution in [0.3, 0.4) is 0 Å². The molecule has 0 unspecified atom stereocenters. The fourth-order valence-electron chi connectivity index (χ4n) is 3.14. The van der Waals surface area contributed by atoms with Crippen LogP contribution in [0.25, 0.3) is 21.7 Å². The van der Waals surface area contributed by atoms with Gasteiger partial charge in [0.25, 0.3) is 0 Å². The van der Waals surface area contributed by atoms with Crippen molar-refractivity contribution in [1.29, 1.82) is 0 Å². The topological polar surface area (TPSA) is 92.9 Å². The van der Waals surface area contributed by atoms with Crippen LogP contribution in [0.15, 0.2) is 47.5 Å². The van der Waals surface area contributed by atoms with E-state index in [2.05, 4.69) is 37.4 Å². The van der Waals surface area contributed by atoms with E-state index in [0.717, 1.165) is 40.1 Å². The Bertz CT molecular complexity index is 1310. The smallest absolute Gasteiger partial charge is 0.228 e. The van der Waals surface area contributed by atoms with E-state index in [1.54, 1.807) is 31.9 Å². The number of aromatic nitrogens is 3. The molecule has 4 aromatic heterocycles. The molecule has 2 N–H and O–H groups in total. The van der Waals surface area contributed by atoms with Crippen molar-refractivity contribution in [3.05, 3.63) is 54.3 Å². The average Bonchev–Trinajstić information content (AvgIpc) is 3.50. The van der Waals surface area contributed by atoms with E-state index in [4.69, 9.17) is 4.42 Å². The largest absolute Gasteiger partial charge is 0.463 e. The first-order valence-corrected chi connectivity index (χ1v) is 9.34. The molecule has 7 nitrogen and oxygen atoms in total. The predicted molar refractivity (Wildman–Crippen MR) is 110 cm³/mol. The summed E-state index contributed by atoms with van der Waals surface area (Å²) in [6, 6.07) is 5.60. The zero-order valence-corrected chi connectivity index (χ0v) is 15.7. The van der Waals surface area contributed by atoms with Crippen LogP contribution >= 0.6 is 0 Å². The summed E-state index contributed by atoms with van der Waals surface area (Å²) >= 11 is 0. The summed E-state index contributed by atoms with van der Waals surface area (Å²) in [6.07, 6.45) is 8.59. The Hall–Kier alpha value is -3.92. The monoisotopic (exact) mass is 383 g/mol. The summed E-state index contributed by atoms with van der Waals surface area (Å²) in [5, 5.41) is 8.61. The lowest BCUT2D eigenvalue weighted by atomic mass is 10.1. The molecule has 0 aliphatic heterocycles. The Balaban J connectivity index is 1.55. The highest BCUT2D eigenvalue weighted by atomic mass is 16.3. The first-order chi connectivity index (χ1) is 14.2. The molecule has 1 fully saturated rings. The summed E-state index contributed by atoms with van der Waals surface area (Å²) in [4.78, 5) is 25.2. The van der Waals surface area contributed by atoms with E-state index in [0.29, 0.717) is 17.3 Å². The molecule has 0 radical (unpaired) electrons. The summed E-state index contributed by atoms with van der Waals surface area (Å²) in [5.74, 6) is 7.60. The van der Waals surface area contributed by atoms with Crippen molar-refractivity contribution < 1.29 is 9.21 Å². The number of furan rings is 1. The number of pyridine rings is 3. The Labute approximate surface area is 166 Å². The number of anilines is 2. The van der Waals surface area contributed by atoms with Crippen molar-refractivity contribution in [3.8, 4) is 11.8 Å². The molecule has 4 aromatic rings. The predicted octanol–water partition coefficient (Wildman–Crippen LogP) is 3.56. The lowest BCUT2D eigenvalue weighted by Gasteiger charge is -2.09. The number of rotatable bonds is 3. The molecule has 0 saturated heterocycles. The molecule has 0 atom stereocenters. The van der Waals surface area contributed by atoms with Crippen LogP contribution in [-0.4, -0.2) is 27.9 Å². The van der Waals surface area contributed by atoms with Crippen LogP contribution in [0.2, 0.25) is 0 Å². The molecule has 1 saturated carbocycles. The van der Waals surface area contributed by atoms with E-state index in [1.165, 1.54) is 0 Å². The van der Waals surface area contributed by atoms with Crippen molar-refractivity contribution in [2.75, 3.05) is 17.7 Å². The highest BCUT2D eigenvalue weighted by Crippen LogP contribution is 2.31. The van der Waals surface area contributed by atoms with E-state index in [-0.39, 0.29) is 11.8 Å². The number of hydrogen-bond donors (Lipinski definition) is 2. The van der Waals surface area contributed by atoms with Gasteiger partial charge in [-0.15, -0.1) is 0 Å². The summed E-state index contributed by atoms with van der Waals surface area (Å²) in [7, 11) is 1.81. The summed E-state index contributed by atoms with van der Waals surface area (Å²) in [6.45, 7) is 0. The van der Waals surface area contributed by atoms with Crippen molar-refractivity contribution in [2.45, 2.75) is 12.8 Å². The zero-order valence-electron chi connectivity index (χ0n) is 15.7. The van der Waals surface area contributed by atoms with Gasteiger partial charge in [0.2, 0.25) is 5.91 Å². The third-order valence-electron chi connectivity index (χ3n) is 4.87. The van der Waals surface area contributed by atoms with Crippen molar-refractivity contribution in [2.24, 2.45) is 5.92 Å². The summed E-state index contributed by atoms with van der Waals surface area (Å²) in [5.41, 5.74) is 2.10. The van der Waals surface area contributed by atoms with Crippen LogP contribution in [-0.2, 0) is 4.79 Å². The van der Waals surface area contributed by atoms with Gasteiger partial charge in [0.15, 0.2) is 5.58 Å². The molecule has 142 valence electrons. The van der Waals surface area contributed by atoms with Crippen molar-refractivity contribution in [1.82, 2.24) is 15.0 Å². The first kappa shape index (κ1) is 17.2. The number of carbonyl (C=O) groups excluding carboxylic acids is 1. The second kappa shape index (κ2) is 6.91. The molecule has 0 spiro atoms. The second-order valence-electron chi connectivity index (χ2n) is 6.93. The van der Waals surface area contributed by atoms with Gasteiger partial charge in [0.1, 0.15) is 17.3 Å². The molecule has 29 heavy (non-hydrogen) atoms. The third-order valence-corrected chi connectivity index (χ3v) is 4.87. The van der Waals surface area contributed by atoms with Crippen molar-refractivity contribution in [3.63, 3.8) is 0 Å². The maximum absolute atomic E-state index is 12.1. The lowest BCUT2D eigenvalue weighted by Crippen LogP contribution is -2.14. The van der Waals surface area contributed by atoms with E-state index in [9.17, 15) is 4.79 Å². The van der Waals surface area contributed by atoms with Gasteiger partial charge in [-0.25, -0.2) is 15.0 Å². The number of nitrogens with zero attached hydrogens (tertiary/aromatic N) is 3. The second-order valence-corrected chi connectivity index (χ2v) is 6.93. The first-order valence-electron chi connectivity index (χ1n) is 9.34. The highest BCUT2D eigenvalue weighted by Gasteiger charge is 2.29. The molecule has 0 bridgehead atoms. The minimum absolute atomic E-state index is 0.0185. The number of hydrogen-bond acceptors (Lipinski definition) is 6. The zero-order chi connectivity index (χ0) is 19.8. The van der Waals surface area contributed by atoms with Gasteiger partial charge < -0.3 is 15.1 Å². The fourth-order valence-corrected chi connectivity index (χ4v) is 3.14.